The lowest BCUT2D eigenvalue weighted by Crippen LogP contribution is -2.20. The van der Waals surface area contributed by atoms with Gasteiger partial charge >= 0.3 is 0 Å². The van der Waals surface area contributed by atoms with E-state index in [4.69, 9.17) is 11.6 Å². The van der Waals surface area contributed by atoms with Gasteiger partial charge in [-0.15, -0.1) is 10.2 Å². The van der Waals surface area contributed by atoms with Gasteiger partial charge < -0.3 is 5.32 Å². The highest BCUT2D eigenvalue weighted by molar-refractivity contribution is 7.99. The van der Waals surface area contributed by atoms with Crippen LogP contribution < -0.4 is 5.32 Å². The zero-order valence-corrected chi connectivity index (χ0v) is 12.2. The molecule has 1 unspecified atom stereocenters. The number of fused-ring (bicyclic) bond motifs is 1. The zero-order chi connectivity index (χ0) is 13.1. The summed E-state index contributed by atoms with van der Waals surface area (Å²) in [7, 11) is 0. The number of rotatable bonds is 3. The van der Waals surface area contributed by atoms with Crippen molar-refractivity contribution >= 4 is 40.0 Å². The fraction of sp³-hybridized carbons (Fsp3) is 0.429. The first-order valence-electron chi connectivity index (χ1n) is 6.61. The Labute approximate surface area is 122 Å². The molecule has 0 spiro atoms. The summed E-state index contributed by atoms with van der Waals surface area (Å²) >= 11 is 8.13. The molecule has 1 aliphatic rings. The number of hydrogen-bond donors (Lipinski definition) is 1. The number of aromatic nitrogens is 2. The van der Waals surface area contributed by atoms with Crippen LogP contribution in [-0.4, -0.2) is 27.7 Å². The van der Waals surface area contributed by atoms with E-state index in [1.54, 1.807) is 0 Å². The molecular formula is C14H16ClN3S. The molecular weight excluding hydrogens is 278 g/mol. The lowest BCUT2D eigenvalue weighted by molar-refractivity contribution is 0.677. The summed E-state index contributed by atoms with van der Waals surface area (Å²) in [6.45, 7) is 0.949. The SMILES string of the molecule is Clc1nnc(NCC2CCCCS2)c2ccccc12. The van der Waals surface area contributed by atoms with Gasteiger partial charge in [0, 0.05) is 22.6 Å². The molecule has 1 aromatic heterocycles. The number of nitrogens with zero attached hydrogens (tertiary/aromatic N) is 2. The van der Waals surface area contributed by atoms with Gasteiger partial charge in [0.25, 0.3) is 0 Å². The number of benzene rings is 1. The van der Waals surface area contributed by atoms with Crippen molar-refractivity contribution in [3.63, 3.8) is 0 Å². The van der Waals surface area contributed by atoms with Gasteiger partial charge in [-0.3, -0.25) is 0 Å². The number of halogens is 1. The summed E-state index contributed by atoms with van der Waals surface area (Å²) in [4.78, 5) is 0. The van der Waals surface area contributed by atoms with Crippen LogP contribution in [0.1, 0.15) is 19.3 Å². The third-order valence-electron chi connectivity index (χ3n) is 3.41. The minimum atomic E-state index is 0.466. The largest absolute Gasteiger partial charge is 0.367 e. The highest BCUT2D eigenvalue weighted by atomic mass is 35.5. The minimum absolute atomic E-state index is 0.466. The molecule has 1 aliphatic heterocycles. The standard InChI is InChI=1S/C14H16ClN3S/c15-13-11-6-1-2-7-12(11)14(18-17-13)16-9-10-5-3-4-8-19-10/h1-2,6-7,10H,3-5,8-9H2,(H,16,18). The van der Waals surface area contributed by atoms with Crippen LogP contribution in [0.5, 0.6) is 0 Å². The lowest BCUT2D eigenvalue weighted by atomic mass is 10.1. The van der Waals surface area contributed by atoms with Crippen molar-refractivity contribution in [2.45, 2.75) is 24.5 Å². The quantitative estimate of drug-likeness (QED) is 0.929. The molecule has 0 bridgehead atoms. The molecule has 3 rings (SSSR count). The third kappa shape index (κ3) is 2.95. The monoisotopic (exact) mass is 293 g/mol. The third-order valence-corrected chi connectivity index (χ3v) is 5.09. The van der Waals surface area contributed by atoms with Crippen LogP contribution in [0.2, 0.25) is 5.15 Å². The average molecular weight is 294 g/mol. The van der Waals surface area contributed by atoms with Crippen LogP contribution in [0.3, 0.4) is 0 Å². The molecule has 1 N–H and O–H groups in total. The van der Waals surface area contributed by atoms with Gasteiger partial charge in [0.15, 0.2) is 11.0 Å². The minimum Gasteiger partial charge on any atom is -0.367 e. The first-order valence-corrected chi connectivity index (χ1v) is 8.03. The van der Waals surface area contributed by atoms with E-state index in [1.165, 1.54) is 25.0 Å². The number of hydrogen-bond acceptors (Lipinski definition) is 4. The molecule has 1 aromatic carbocycles. The Hall–Kier alpha value is -1.00. The predicted molar refractivity (Wildman–Crippen MR) is 83.1 cm³/mol. The molecule has 3 nitrogen and oxygen atoms in total. The van der Waals surface area contributed by atoms with Crippen molar-refractivity contribution in [3.8, 4) is 0 Å². The van der Waals surface area contributed by atoms with Gasteiger partial charge in [-0.25, -0.2) is 0 Å². The molecule has 0 radical (unpaired) electrons. The zero-order valence-electron chi connectivity index (χ0n) is 10.6. The van der Waals surface area contributed by atoms with E-state index in [0.29, 0.717) is 10.4 Å². The molecule has 100 valence electrons. The summed E-state index contributed by atoms with van der Waals surface area (Å²) < 4.78 is 0. The number of anilines is 1. The van der Waals surface area contributed by atoms with Crippen LogP contribution >= 0.6 is 23.4 Å². The maximum atomic E-state index is 6.07. The molecule has 19 heavy (non-hydrogen) atoms. The van der Waals surface area contributed by atoms with E-state index < -0.39 is 0 Å². The van der Waals surface area contributed by atoms with Crippen molar-refractivity contribution in [3.05, 3.63) is 29.4 Å². The maximum Gasteiger partial charge on any atom is 0.159 e. The van der Waals surface area contributed by atoms with Gasteiger partial charge in [-0.1, -0.05) is 42.3 Å². The highest BCUT2D eigenvalue weighted by Crippen LogP contribution is 2.28. The Morgan fingerprint density at radius 2 is 2.05 bits per heavy atom. The molecule has 0 aliphatic carbocycles. The Kier molecular flexibility index (Phi) is 4.09. The Balaban J connectivity index is 1.79. The van der Waals surface area contributed by atoms with E-state index in [-0.39, 0.29) is 0 Å². The van der Waals surface area contributed by atoms with Crippen molar-refractivity contribution in [2.75, 3.05) is 17.6 Å². The maximum absolute atomic E-state index is 6.07. The molecule has 2 aromatic rings. The summed E-state index contributed by atoms with van der Waals surface area (Å²) in [6.07, 6.45) is 3.98. The Morgan fingerprint density at radius 3 is 2.84 bits per heavy atom. The molecule has 0 saturated carbocycles. The van der Waals surface area contributed by atoms with Crippen molar-refractivity contribution < 1.29 is 0 Å². The average Bonchev–Trinajstić information content (AvgIpc) is 2.48. The van der Waals surface area contributed by atoms with Crippen molar-refractivity contribution in [2.24, 2.45) is 0 Å². The Bertz CT molecular complexity index is 570. The fourth-order valence-electron chi connectivity index (χ4n) is 2.38. The second-order valence-corrected chi connectivity index (χ2v) is 6.52. The van der Waals surface area contributed by atoms with Crippen LogP contribution in [0, 0.1) is 0 Å². The second kappa shape index (κ2) is 5.97. The van der Waals surface area contributed by atoms with E-state index in [1.807, 2.05) is 24.3 Å². The fourth-order valence-corrected chi connectivity index (χ4v) is 3.82. The van der Waals surface area contributed by atoms with E-state index in [2.05, 4.69) is 27.3 Å². The van der Waals surface area contributed by atoms with Crippen molar-refractivity contribution in [1.82, 2.24) is 10.2 Å². The topological polar surface area (TPSA) is 37.8 Å². The molecule has 5 heteroatoms. The van der Waals surface area contributed by atoms with Crippen LogP contribution in [-0.2, 0) is 0 Å². The predicted octanol–water partition coefficient (Wildman–Crippen LogP) is 3.98. The summed E-state index contributed by atoms with van der Waals surface area (Å²) in [6, 6.07) is 7.98. The van der Waals surface area contributed by atoms with Gasteiger partial charge in [-0.2, -0.15) is 11.8 Å². The molecule has 0 amide bonds. The van der Waals surface area contributed by atoms with Gasteiger partial charge in [0.1, 0.15) is 0 Å². The summed E-state index contributed by atoms with van der Waals surface area (Å²) in [5, 5.41) is 14.8. The number of nitrogens with one attached hydrogen (secondary N) is 1. The summed E-state index contributed by atoms with van der Waals surface area (Å²) in [5.74, 6) is 2.12. The summed E-state index contributed by atoms with van der Waals surface area (Å²) in [5.41, 5.74) is 0. The van der Waals surface area contributed by atoms with Crippen LogP contribution in [0.15, 0.2) is 24.3 Å². The second-order valence-electron chi connectivity index (χ2n) is 4.75. The van der Waals surface area contributed by atoms with Gasteiger partial charge in [0.05, 0.1) is 0 Å². The first-order chi connectivity index (χ1) is 9.34. The van der Waals surface area contributed by atoms with Crippen LogP contribution in [0.4, 0.5) is 5.82 Å². The Morgan fingerprint density at radius 1 is 1.21 bits per heavy atom. The number of thioether (sulfide) groups is 1. The molecule has 2 heterocycles. The van der Waals surface area contributed by atoms with Crippen molar-refractivity contribution in [1.29, 1.82) is 0 Å². The first kappa shape index (κ1) is 13.0. The molecule has 1 saturated heterocycles. The smallest absolute Gasteiger partial charge is 0.159 e. The van der Waals surface area contributed by atoms with E-state index in [9.17, 15) is 0 Å². The van der Waals surface area contributed by atoms with Gasteiger partial charge in [0.2, 0.25) is 0 Å². The highest BCUT2D eigenvalue weighted by Gasteiger charge is 2.14. The normalized spacial score (nSPS) is 19.5. The van der Waals surface area contributed by atoms with E-state index in [0.717, 1.165) is 23.1 Å². The van der Waals surface area contributed by atoms with Gasteiger partial charge in [-0.05, 0) is 18.6 Å². The van der Waals surface area contributed by atoms with E-state index >= 15 is 0 Å². The lowest BCUT2D eigenvalue weighted by Gasteiger charge is -2.21. The molecule has 1 fully saturated rings. The molecule has 1 atom stereocenters. The van der Waals surface area contributed by atoms with Crippen LogP contribution in [0.25, 0.3) is 10.8 Å².